The number of hydrazone groups is 1. The van der Waals surface area contributed by atoms with Crippen LogP contribution >= 0.6 is 12.2 Å². The molecule has 0 fully saturated rings. The molecule has 1 heterocycles. The number of nitrogens with zero attached hydrogens (tertiary/aromatic N) is 1. The van der Waals surface area contributed by atoms with Crippen molar-refractivity contribution in [1.82, 2.24) is 5.43 Å². The molecule has 0 saturated carbocycles. The van der Waals surface area contributed by atoms with E-state index < -0.39 is 0 Å². The highest BCUT2D eigenvalue weighted by Gasteiger charge is 2.17. The lowest BCUT2D eigenvalue weighted by Gasteiger charge is -1.97. The quantitative estimate of drug-likeness (QED) is 0.438. The van der Waals surface area contributed by atoms with E-state index in [0.29, 0.717) is 4.99 Å². The van der Waals surface area contributed by atoms with Gasteiger partial charge in [-0.1, -0.05) is 12.2 Å². The van der Waals surface area contributed by atoms with Crippen LogP contribution in [0.25, 0.3) is 0 Å². The van der Waals surface area contributed by atoms with Gasteiger partial charge in [0.25, 0.3) is 0 Å². The van der Waals surface area contributed by atoms with Gasteiger partial charge in [-0.15, -0.1) is 0 Å². The van der Waals surface area contributed by atoms with Gasteiger partial charge in [0.1, 0.15) is 4.99 Å². The minimum absolute atomic E-state index is 0.148. The molecule has 1 aliphatic heterocycles. The highest BCUT2D eigenvalue weighted by Crippen LogP contribution is 1.93. The van der Waals surface area contributed by atoms with Crippen molar-refractivity contribution in [3.05, 3.63) is 0 Å². The first-order valence-electron chi connectivity index (χ1n) is 2.31. The van der Waals surface area contributed by atoms with Gasteiger partial charge in [0.15, 0.2) is 0 Å². The highest BCUT2D eigenvalue weighted by atomic mass is 32.1. The molecule has 0 aromatic heterocycles. The normalized spacial score (nSPS) is 27.5. The number of hydrogen-bond donors (Lipinski definition) is 2. The Kier molecular flexibility index (Phi) is 1.27. The van der Waals surface area contributed by atoms with Gasteiger partial charge in [0.2, 0.25) is 0 Å². The van der Waals surface area contributed by atoms with Crippen LogP contribution < -0.4 is 11.2 Å². The molecule has 44 valence electrons. The third-order valence-corrected chi connectivity index (χ3v) is 1.42. The van der Waals surface area contributed by atoms with Crippen molar-refractivity contribution >= 4 is 22.9 Å². The number of rotatable bonds is 0. The van der Waals surface area contributed by atoms with Crippen LogP contribution in [0.15, 0.2) is 5.10 Å². The summed E-state index contributed by atoms with van der Waals surface area (Å²) in [5, 5.41) is 3.80. The summed E-state index contributed by atoms with van der Waals surface area (Å²) in [6, 6.07) is -0.148. The van der Waals surface area contributed by atoms with Crippen molar-refractivity contribution in [1.29, 1.82) is 0 Å². The first-order chi connectivity index (χ1) is 3.72. The van der Waals surface area contributed by atoms with E-state index in [0.717, 1.165) is 5.71 Å². The maximum absolute atomic E-state index is 5.49. The first-order valence-corrected chi connectivity index (χ1v) is 2.72. The average Bonchev–Trinajstić information content (AvgIpc) is 1.98. The van der Waals surface area contributed by atoms with Crippen LogP contribution in [-0.2, 0) is 0 Å². The zero-order valence-corrected chi connectivity index (χ0v) is 5.33. The van der Waals surface area contributed by atoms with Crippen LogP contribution in [0.5, 0.6) is 0 Å². The molecule has 0 saturated heterocycles. The van der Waals surface area contributed by atoms with Gasteiger partial charge >= 0.3 is 0 Å². The van der Waals surface area contributed by atoms with E-state index in [-0.39, 0.29) is 6.04 Å². The first kappa shape index (κ1) is 5.65. The largest absolute Gasteiger partial charge is 0.317 e. The van der Waals surface area contributed by atoms with Gasteiger partial charge < -0.3 is 5.73 Å². The summed E-state index contributed by atoms with van der Waals surface area (Å²) in [6.45, 7) is 1.84. The minimum atomic E-state index is -0.148. The Morgan fingerprint density at radius 1 is 1.88 bits per heavy atom. The second-order valence-corrected chi connectivity index (χ2v) is 2.15. The summed E-state index contributed by atoms with van der Waals surface area (Å²) in [5.41, 5.74) is 8.96. The molecular weight excluding hydrogens is 122 g/mol. The minimum Gasteiger partial charge on any atom is -0.317 e. The molecule has 4 heteroatoms. The summed E-state index contributed by atoms with van der Waals surface area (Å²) < 4.78 is 0. The fraction of sp³-hybridized carbons (Fsp3) is 0.500. The van der Waals surface area contributed by atoms with Crippen molar-refractivity contribution in [2.45, 2.75) is 13.0 Å². The molecule has 0 bridgehead atoms. The summed E-state index contributed by atoms with van der Waals surface area (Å²) in [4.78, 5) is 0.613. The Hall–Kier alpha value is -0.480. The second-order valence-electron chi connectivity index (χ2n) is 1.71. The summed E-state index contributed by atoms with van der Waals surface area (Å²) in [6.07, 6.45) is 0. The average molecular weight is 129 g/mol. The van der Waals surface area contributed by atoms with Crippen molar-refractivity contribution in [2.75, 3.05) is 0 Å². The number of nitrogens with one attached hydrogen (secondary N) is 1. The van der Waals surface area contributed by atoms with Crippen LogP contribution in [0.1, 0.15) is 6.92 Å². The Morgan fingerprint density at radius 2 is 2.50 bits per heavy atom. The van der Waals surface area contributed by atoms with E-state index in [2.05, 4.69) is 10.5 Å². The molecule has 0 aliphatic carbocycles. The predicted octanol–water partition coefficient (Wildman–Crippen LogP) is -0.380. The maximum atomic E-state index is 5.49. The SMILES string of the molecule is CC1=NNC(=S)[C@H]1N. The highest BCUT2D eigenvalue weighted by molar-refractivity contribution is 7.80. The fourth-order valence-electron chi connectivity index (χ4n) is 0.472. The summed E-state index contributed by atoms with van der Waals surface area (Å²) in [7, 11) is 0. The monoisotopic (exact) mass is 129 g/mol. The van der Waals surface area contributed by atoms with Gasteiger partial charge in [0, 0.05) is 0 Å². The Labute approximate surface area is 52.9 Å². The molecule has 0 amide bonds. The lowest BCUT2D eigenvalue weighted by molar-refractivity contribution is 1.06. The van der Waals surface area contributed by atoms with Gasteiger partial charge in [-0.3, -0.25) is 5.43 Å². The fourth-order valence-corrected chi connectivity index (χ4v) is 0.688. The van der Waals surface area contributed by atoms with Crippen molar-refractivity contribution in [2.24, 2.45) is 10.8 Å². The second kappa shape index (κ2) is 1.80. The molecular formula is C4H7N3S. The van der Waals surface area contributed by atoms with E-state index in [1.807, 2.05) is 6.92 Å². The zero-order valence-electron chi connectivity index (χ0n) is 4.51. The topological polar surface area (TPSA) is 50.4 Å². The maximum Gasteiger partial charge on any atom is 0.119 e. The van der Waals surface area contributed by atoms with Gasteiger partial charge in [-0.2, -0.15) is 5.10 Å². The van der Waals surface area contributed by atoms with Gasteiger partial charge in [0.05, 0.1) is 11.8 Å². The van der Waals surface area contributed by atoms with Gasteiger partial charge in [-0.05, 0) is 6.92 Å². The zero-order chi connectivity index (χ0) is 6.15. The molecule has 0 aromatic carbocycles. The van der Waals surface area contributed by atoms with E-state index in [4.69, 9.17) is 18.0 Å². The predicted molar refractivity (Wildman–Crippen MR) is 36.8 cm³/mol. The molecule has 1 rings (SSSR count). The van der Waals surface area contributed by atoms with Crippen molar-refractivity contribution < 1.29 is 0 Å². The van der Waals surface area contributed by atoms with Crippen LogP contribution in [0.2, 0.25) is 0 Å². The van der Waals surface area contributed by atoms with Gasteiger partial charge in [-0.25, -0.2) is 0 Å². The molecule has 8 heavy (non-hydrogen) atoms. The third-order valence-electron chi connectivity index (χ3n) is 1.08. The van der Waals surface area contributed by atoms with E-state index in [1.54, 1.807) is 0 Å². The molecule has 3 N–H and O–H groups in total. The Morgan fingerprint density at radius 3 is 2.62 bits per heavy atom. The lowest BCUT2D eigenvalue weighted by atomic mass is 10.2. The van der Waals surface area contributed by atoms with E-state index in [1.165, 1.54) is 0 Å². The Balaban J connectivity index is 2.72. The lowest BCUT2D eigenvalue weighted by Crippen LogP contribution is -2.34. The molecule has 1 atom stereocenters. The van der Waals surface area contributed by atoms with Crippen LogP contribution in [0.4, 0.5) is 0 Å². The van der Waals surface area contributed by atoms with Crippen molar-refractivity contribution in [3.8, 4) is 0 Å². The number of thiocarbonyl (C=S) groups is 1. The Bertz CT molecular complexity index is 151. The third kappa shape index (κ3) is 0.719. The molecule has 3 nitrogen and oxygen atoms in total. The van der Waals surface area contributed by atoms with Crippen LogP contribution in [0, 0.1) is 0 Å². The molecule has 0 spiro atoms. The number of nitrogens with two attached hydrogens (primary N) is 1. The van der Waals surface area contributed by atoms with Crippen molar-refractivity contribution in [3.63, 3.8) is 0 Å². The standard InChI is InChI=1S/C4H7N3S/c1-2-3(5)4(8)7-6-2/h3H,5H2,1H3,(H,7,8)/t3-/m0/s1. The summed E-state index contributed by atoms with van der Waals surface area (Å²) >= 11 is 4.77. The molecule has 0 unspecified atom stereocenters. The van der Waals surface area contributed by atoms with E-state index in [9.17, 15) is 0 Å². The smallest absolute Gasteiger partial charge is 0.119 e. The van der Waals surface area contributed by atoms with E-state index >= 15 is 0 Å². The van der Waals surface area contributed by atoms with Crippen LogP contribution in [-0.4, -0.2) is 16.7 Å². The molecule has 1 aliphatic rings. The van der Waals surface area contributed by atoms with Crippen LogP contribution in [0.3, 0.4) is 0 Å². The molecule has 0 radical (unpaired) electrons. The number of hydrogen-bond acceptors (Lipinski definition) is 3. The summed E-state index contributed by atoms with van der Waals surface area (Å²) in [5.74, 6) is 0. The molecule has 0 aromatic rings.